The molecule has 0 radical (unpaired) electrons. The number of fused-ring (bicyclic) bond motifs is 2. The van der Waals surface area contributed by atoms with Gasteiger partial charge in [-0.3, -0.25) is 14.6 Å². The maximum absolute atomic E-state index is 14.0. The number of aromatic nitrogens is 5. The lowest BCUT2D eigenvalue weighted by molar-refractivity contribution is -0.140. The molecule has 0 fully saturated rings. The summed E-state index contributed by atoms with van der Waals surface area (Å²) in [4.78, 5) is 11.5. The number of pyridine rings is 1. The fraction of sp³-hybridized carbons (Fsp3) is 0.393. The van der Waals surface area contributed by atoms with Gasteiger partial charge in [0.2, 0.25) is 0 Å². The summed E-state index contributed by atoms with van der Waals surface area (Å²) in [6.45, 7) is 2.14. The van der Waals surface area contributed by atoms with Crippen LogP contribution in [0.4, 0.5) is 13.2 Å². The van der Waals surface area contributed by atoms with E-state index in [-0.39, 0.29) is 23.8 Å². The Bertz CT molecular complexity index is 1460. The highest BCUT2D eigenvalue weighted by Gasteiger charge is 2.42. The summed E-state index contributed by atoms with van der Waals surface area (Å²) in [5.74, 6) is 0.721. The van der Waals surface area contributed by atoms with Gasteiger partial charge in [-0.1, -0.05) is 18.2 Å². The molecule has 0 amide bonds. The second-order valence-electron chi connectivity index (χ2n) is 10.1. The number of rotatable bonds is 4. The molecule has 3 atom stereocenters. The van der Waals surface area contributed by atoms with Gasteiger partial charge in [0.15, 0.2) is 5.69 Å². The van der Waals surface area contributed by atoms with Crippen LogP contribution in [0.1, 0.15) is 66.1 Å². The quantitative estimate of drug-likeness (QED) is 0.334. The summed E-state index contributed by atoms with van der Waals surface area (Å²) < 4.78 is 50.7. The Balaban J connectivity index is 1.51. The fourth-order valence-electron chi connectivity index (χ4n) is 6.29. The lowest BCUT2D eigenvalue weighted by atomic mass is 9.82. The third-order valence-corrected chi connectivity index (χ3v) is 7.92. The molecule has 38 heavy (non-hydrogen) atoms. The monoisotopic (exact) mass is 522 g/mol. The van der Waals surface area contributed by atoms with Crippen molar-refractivity contribution in [2.75, 3.05) is 7.11 Å². The van der Waals surface area contributed by atoms with E-state index in [0.717, 1.165) is 47.4 Å². The molecule has 0 N–H and O–H groups in total. The van der Waals surface area contributed by atoms with Crippen LogP contribution in [0, 0.1) is 0 Å². The lowest BCUT2D eigenvalue weighted by Crippen LogP contribution is -2.43. The molecule has 0 bridgehead atoms. The molecule has 3 unspecified atom stereocenters. The molecule has 2 aliphatic rings. The zero-order chi connectivity index (χ0) is 26.6. The van der Waals surface area contributed by atoms with Crippen molar-refractivity contribution in [3.63, 3.8) is 0 Å². The first-order valence-electron chi connectivity index (χ1n) is 12.8. The second-order valence-corrected chi connectivity index (χ2v) is 10.1. The standard InChI is InChI=1S/C28H29F3N6O/c1-17-19-6-4-7-20(23-15-35(2)34-27(23)28(29,30)31)21(19)13-26(36-11-10-32-16-36)37(17)25-9-5-8-24-22(25)12-18(38-3)14-33-24/h4,6-7,10-12,14-17,25-26H,5,8-9,13H2,1-3H3. The van der Waals surface area contributed by atoms with Gasteiger partial charge in [-0.25, -0.2) is 4.98 Å². The van der Waals surface area contributed by atoms with Gasteiger partial charge in [-0.15, -0.1) is 0 Å². The summed E-state index contributed by atoms with van der Waals surface area (Å²) in [6.07, 6.45) is 7.40. The summed E-state index contributed by atoms with van der Waals surface area (Å²) >= 11 is 0. The molecule has 0 saturated heterocycles. The molecule has 0 spiro atoms. The molecule has 6 rings (SSSR count). The van der Waals surface area contributed by atoms with Crippen LogP contribution in [0.15, 0.2) is 55.4 Å². The van der Waals surface area contributed by atoms with Gasteiger partial charge >= 0.3 is 6.18 Å². The van der Waals surface area contributed by atoms with E-state index in [1.165, 1.54) is 17.9 Å². The zero-order valence-corrected chi connectivity index (χ0v) is 21.5. The molecule has 1 aromatic carbocycles. The van der Waals surface area contributed by atoms with E-state index < -0.39 is 11.9 Å². The first-order valence-corrected chi connectivity index (χ1v) is 12.8. The van der Waals surface area contributed by atoms with Crippen LogP contribution < -0.4 is 4.74 Å². The van der Waals surface area contributed by atoms with Crippen molar-refractivity contribution in [3.05, 3.63) is 83.5 Å². The normalized spacial score (nSPS) is 21.7. The van der Waals surface area contributed by atoms with Gasteiger partial charge in [0.1, 0.15) is 5.75 Å². The van der Waals surface area contributed by atoms with Crippen molar-refractivity contribution in [2.24, 2.45) is 7.05 Å². The molecule has 1 aliphatic carbocycles. The molecule has 4 aromatic rings. The molecule has 0 saturated carbocycles. The summed E-state index contributed by atoms with van der Waals surface area (Å²) in [5, 5.41) is 3.77. The van der Waals surface area contributed by atoms with Crippen LogP contribution in [0.5, 0.6) is 5.75 Å². The first kappa shape index (κ1) is 24.7. The Morgan fingerprint density at radius 2 is 1.97 bits per heavy atom. The Kier molecular flexibility index (Phi) is 6.02. The topological polar surface area (TPSA) is 61.0 Å². The SMILES string of the molecule is COc1cnc2c(c1)C(N1C(C)c3cccc(-c4cn(C)nc4C(F)(F)F)c3CC1n1ccnc1)CCC2. The zero-order valence-electron chi connectivity index (χ0n) is 21.5. The predicted octanol–water partition coefficient (Wildman–Crippen LogP) is 5.90. The van der Waals surface area contributed by atoms with E-state index in [9.17, 15) is 13.2 Å². The average molecular weight is 523 g/mol. The Hall–Kier alpha value is -3.66. The molecular weight excluding hydrogens is 493 g/mol. The molecular formula is C28H29F3N6O. The van der Waals surface area contributed by atoms with Gasteiger partial charge in [0.05, 0.1) is 25.8 Å². The van der Waals surface area contributed by atoms with E-state index in [4.69, 9.17) is 9.72 Å². The van der Waals surface area contributed by atoms with E-state index in [2.05, 4.69) is 32.5 Å². The highest BCUT2D eigenvalue weighted by Crippen LogP contribution is 2.49. The maximum atomic E-state index is 14.0. The van der Waals surface area contributed by atoms with E-state index in [1.54, 1.807) is 31.9 Å². The molecule has 10 heteroatoms. The van der Waals surface area contributed by atoms with E-state index in [0.29, 0.717) is 12.0 Å². The average Bonchev–Trinajstić information content (AvgIpc) is 3.58. The third kappa shape index (κ3) is 4.07. The number of hydrogen-bond donors (Lipinski definition) is 0. The minimum Gasteiger partial charge on any atom is -0.495 e. The van der Waals surface area contributed by atoms with Crippen LogP contribution in [0.3, 0.4) is 0 Å². The Labute approximate surface area is 218 Å². The van der Waals surface area contributed by atoms with Crippen LogP contribution in [-0.2, 0) is 26.1 Å². The smallest absolute Gasteiger partial charge is 0.435 e. The fourth-order valence-corrected chi connectivity index (χ4v) is 6.29. The van der Waals surface area contributed by atoms with Crippen LogP contribution in [0.2, 0.25) is 0 Å². The first-order chi connectivity index (χ1) is 18.3. The number of ether oxygens (including phenoxy) is 1. The highest BCUT2D eigenvalue weighted by atomic mass is 19.4. The van der Waals surface area contributed by atoms with Crippen molar-refractivity contribution in [1.82, 2.24) is 29.2 Å². The van der Waals surface area contributed by atoms with Gasteiger partial charge in [-0.05, 0) is 54.5 Å². The van der Waals surface area contributed by atoms with Crippen LogP contribution in [-0.4, -0.2) is 36.3 Å². The Morgan fingerprint density at radius 3 is 2.71 bits per heavy atom. The van der Waals surface area contributed by atoms with E-state index >= 15 is 0 Å². The molecule has 4 heterocycles. The maximum Gasteiger partial charge on any atom is 0.435 e. The van der Waals surface area contributed by atoms with Gasteiger partial charge in [-0.2, -0.15) is 18.3 Å². The summed E-state index contributed by atoms with van der Waals surface area (Å²) in [6, 6.07) is 7.76. The van der Waals surface area contributed by atoms with Crippen molar-refractivity contribution >= 4 is 0 Å². The van der Waals surface area contributed by atoms with Crippen molar-refractivity contribution < 1.29 is 17.9 Å². The number of imidazole rings is 1. The minimum absolute atomic E-state index is 0.0701. The van der Waals surface area contributed by atoms with Gasteiger partial charge in [0.25, 0.3) is 0 Å². The molecule has 3 aromatic heterocycles. The van der Waals surface area contributed by atoms with Crippen molar-refractivity contribution in [3.8, 4) is 16.9 Å². The van der Waals surface area contributed by atoms with Gasteiger partial charge < -0.3 is 9.30 Å². The van der Waals surface area contributed by atoms with Crippen molar-refractivity contribution in [2.45, 2.75) is 57.0 Å². The molecule has 198 valence electrons. The van der Waals surface area contributed by atoms with Crippen molar-refractivity contribution in [1.29, 1.82) is 0 Å². The molecule has 1 aliphatic heterocycles. The lowest BCUT2D eigenvalue weighted by Gasteiger charge is -2.48. The largest absolute Gasteiger partial charge is 0.495 e. The predicted molar refractivity (Wildman–Crippen MR) is 135 cm³/mol. The molecule has 7 nitrogen and oxygen atoms in total. The number of hydrogen-bond acceptors (Lipinski definition) is 5. The number of halogens is 3. The summed E-state index contributed by atoms with van der Waals surface area (Å²) in [7, 11) is 3.17. The number of alkyl halides is 3. The number of methoxy groups -OCH3 is 1. The van der Waals surface area contributed by atoms with Gasteiger partial charge in [0, 0.05) is 55.4 Å². The van der Waals surface area contributed by atoms with Crippen LogP contribution >= 0.6 is 0 Å². The number of aryl methyl sites for hydroxylation is 2. The van der Waals surface area contributed by atoms with Crippen LogP contribution in [0.25, 0.3) is 11.1 Å². The third-order valence-electron chi connectivity index (χ3n) is 7.92. The number of benzene rings is 1. The Morgan fingerprint density at radius 1 is 1.13 bits per heavy atom. The number of nitrogens with zero attached hydrogens (tertiary/aromatic N) is 6. The second kappa shape index (κ2) is 9.27. The minimum atomic E-state index is -4.55. The highest BCUT2D eigenvalue weighted by molar-refractivity contribution is 5.71. The van der Waals surface area contributed by atoms with E-state index in [1.807, 2.05) is 18.3 Å². The summed E-state index contributed by atoms with van der Waals surface area (Å²) in [5.41, 5.74) is 3.99.